The molecule has 0 aromatic heterocycles. The lowest BCUT2D eigenvalue weighted by molar-refractivity contribution is -0.256. The molecule has 5 aliphatic carbocycles. The van der Waals surface area contributed by atoms with E-state index >= 15 is 0 Å². The molecule has 1 aromatic carbocycles. The third kappa shape index (κ3) is 4.01. The van der Waals surface area contributed by atoms with Crippen molar-refractivity contribution < 1.29 is 30.0 Å². The summed E-state index contributed by atoms with van der Waals surface area (Å²) in [4.78, 5) is 13.2. The number of rotatable bonds is 3. The maximum absolute atomic E-state index is 13.2. The molecule has 0 saturated heterocycles. The van der Waals surface area contributed by atoms with E-state index < -0.39 is 35.1 Å². The molecule has 0 spiro atoms. The van der Waals surface area contributed by atoms with Crippen LogP contribution in [-0.4, -0.2) is 57.4 Å². The normalized spacial score (nSPS) is 48.1. The van der Waals surface area contributed by atoms with Crippen LogP contribution in [-0.2, 0) is 4.74 Å². The minimum atomic E-state index is -1.22. The van der Waals surface area contributed by atoms with Gasteiger partial charge < -0.3 is 25.2 Å². The summed E-state index contributed by atoms with van der Waals surface area (Å²) in [5.74, 6) is 0.100. The molecule has 238 valence electrons. The van der Waals surface area contributed by atoms with Crippen molar-refractivity contribution in [1.29, 1.82) is 0 Å². The van der Waals surface area contributed by atoms with Crippen LogP contribution in [0.25, 0.3) is 0 Å². The van der Waals surface area contributed by atoms with Crippen LogP contribution >= 0.6 is 0 Å². The molecule has 0 aliphatic heterocycles. The van der Waals surface area contributed by atoms with E-state index in [-0.39, 0.29) is 40.3 Å². The molecule has 1 aromatic rings. The second-order valence-electron chi connectivity index (χ2n) is 17.0. The Kier molecular flexibility index (Phi) is 7.18. The van der Waals surface area contributed by atoms with Gasteiger partial charge in [-0.3, -0.25) is 0 Å². The second-order valence-corrected chi connectivity index (χ2v) is 17.0. The number of aliphatic hydroxyl groups excluding tert-OH is 4. The molecule has 6 heteroatoms. The van der Waals surface area contributed by atoms with Crippen LogP contribution in [0.15, 0.2) is 42.0 Å². The van der Waals surface area contributed by atoms with Crippen molar-refractivity contribution in [3.63, 3.8) is 0 Å². The van der Waals surface area contributed by atoms with Crippen LogP contribution in [0.2, 0.25) is 0 Å². The summed E-state index contributed by atoms with van der Waals surface area (Å²) in [7, 11) is 0. The number of benzene rings is 1. The zero-order valence-electron chi connectivity index (χ0n) is 27.3. The molecule has 4 fully saturated rings. The topological polar surface area (TPSA) is 107 Å². The number of fused-ring (bicyclic) bond motifs is 7. The summed E-state index contributed by atoms with van der Waals surface area (Å²) in [5.41, 5.74) is -0.562. The van der Waals surface area contributed by atoms with Gasteiger partial charge in [0, 0.05) is 5.41 Å². The fraction of sp³-hybridized carbons (Fsp3) is 0.757. The Hall–Kier alpha value is -1.73. The number of ether oxygens (including phenoxy) is 1. The first-order chi connectivity index (χ1) is 20.0. The van der Waals surface area contributed by atoms with Crippen molar-refractivity contribution in [3.05, 3.63) is 47.5 Å². The van der Waals surface area contributed by atoms with E-state index in [1.165, 1.54) is 5.57 Å². The zero-order chi connectivity index (χ0) is 31.4. The molecule has 6 rings (SSSR count). The van der Waals surface area contributed by atoms with Gasteiger partial charge in [-0.15, -0.1) is 0 Å². The van der Waals surface area contributed by atoms with Gasteiger partial charge in [0.05, 0.1) is 29.8 Å². The first kappa shape index (κ1) is 31.3. The van der Waals surface area contributed by atoms with Crippen LogP contribution in [0, 0.1) is 50.2 Å². The van der Waals surface area contributed by atoms with Crippen molar-refractivity contribution in [1.82, 2.24) is 0 Å². The summed E-state index contributed by atoms with van der Waals surface area (Å²) < 4.78 is 6.05. The third-order valence-corrected chi connectivity index (χ3v) is 14.6. The molecule has 43 heavy (non-hydrogen) atoms. The van der Waals surface area contributed by atoms with Gasteiger partial charge in [0.25, 0.3) is 0 Å². The zero-order valence-corrected chi connectivity index (χ0v) is 27.3. The van der Waals surface area contributed by atoms with E-state index in [9.17, 15) is 25.2 Å². The van der Waals surface area contributed by atoms with Crippen molar-refractivity contribution in [2.24, 2.45) is 50.2 Å². The standard InChI is InChI=1S/C37H54O6/c1-32(2)19-24-23-13-14-26-34(5)17-16-27(39)33(3,4)25(34)15-18-35(26,6)36(23,7)20-28(40)37(24,21-38)29(41)30(32)43-31(42)22-11-9-8-10-12-22/h8-13,24-30,38-41H,14-21H2,1-7H3. The van der Waals surface area contributed by atoms with Crippen LogP contribution in [0.5, 0.6) is 0 Å². The second kappa shape index (κ2) is 9.88. The number of carbonyl (C=O) groups excluding carboxylic acids is 1. The number of hydrogen-bond acceptors (Lipinski definition) is 6. The van der Waals surface area contributed by atoms with Gasteiger partial charge in [-0.05, 0) is 96.5 Å². The molecule has 11 atom stereocenters. The Morgan fingerprint density at radius 1 is 0.884 bits per heavy atom. The van der Waals surface area contributed by atoms with Gasteiger partial charge in [-0.1, -0.05) is 78.3 Å². The highest BCUT2D eigenvalue weighted by Crippen LogP contribution is 2.75. The SMILES string of the molecule is CC1(C)CC2C3=CCC4C5(C)CCC(O)C(C)(C)C5CCC4(C)C3(C)CC(O)C2(CO)C(O)C1OC(=O)c1ccccc1. The number of allylic oxidation sites excluding steroid dienone is 2. The lowest BCUT2D eigenvalue weighted by atomic mass is 9.33. The average molecular weight is 595 g/mol. The van der Waals surface area contributed by atoms with Gasteiger partial charge in [-0.2, -0.15) is 0 Å². The Labute approximate surface area is 257 Å². The van der Waals surface area contributed by atoms with Gasteiger partial charge >= 0.3 is 5.97 Å². The van der Waals surface area contributed by atoms with Gasteiger partial charge in [-0.25, -0.2) is 4.79 Å². The van der Waals surface area contributed by atoms with Crippen LogP contribution in [0.3, 0.4) is 0 Å². The van der Waals surface area contributed by atoms with E-state index in [4.69, 9.17) is 4.74 Å². The lowest BCUT2D eigenvalue weighted by Crippen LogP contribution is -2.72. The fourth-order valence-corrected chi connectivity index (χ4v) is 11.9. The van der Waals surface area contributed by atoms with E-state index in [2.05, 4.69) is 40.7 Å². The maximum atomic E-state index is 13.2. The maximum Gasteiger partial charge on any atom is 0.338 e. The summed E-state index contributed by atoms with van der Waals surface area (Å²) in [6.45, 7) is 15.4. The first-order valence-electron chi connectivity index (χ1n) is 16.6. The molecule has 0 bridgehead atoms. The van der Waals surface area contributed by atoms with Gasteiger partial charge in [0.1, 0.15) is 12.2 Å². The molecule has 5 aliphatic rings. The molecule has 0 heterocycles. The highest BCUT2D eigenvalue weighted by molar-refractivity contribution is 5.89. The number of hydrogen-bond donors (Lipinski definition) is 4. The van der Waals surface area contributed by atoms with E-state index in [0.717, 1.165) is 32.1 Å². The predicted octanol–water partition coefficient (Wildman–Crippen LogP) is 5.92. The van der Waals surface area contributed by atoms with Crippen LogP contribution in [0.1, 0.15) is 104 Å². The Morgan fingerprint density at radius 3 is 2.21 bits per heavy atom. The van der Waals surface area contributed by atoms with Gasteiger partial charge in [0.2, 0.25) is 0 Å². The summed E-state index contributed by atoms with van der Waals surface area (Å²) in [6.07, 6.45) is 4.95. The van der Waals surface area contributed by atoms with Crippen molar-refractivity contribution >= 4 is 5.97 Å². The minimum Gasteiger partial charge on any atom is -0.455 e. The Bertz CT molecular complexity index is 1290. The summed E-state index contributed by atoms with van der Waals surface area (Å²) in [5, 5.41) is 46.4. The average Bonchev–Trinajstić information content (AvgIpc) is 2.94. The van der Waals surface area contributed by atoms with Crippen molar-refractivity contribution in [3.8, 4) is 0 Å². The molecule has 0 radical (unpaired) electrons. The molecular formula is C37H54O6. The predicted molar refractivity (Wildman–Crippen MR) is 166 cm³/mol. The largest absolute Gasteiger partial charge is 0.455 e. The van der Waals surface area contributed by atoms with Crippen LogP contribution in [0.4, 0.5) is 0 Å². The number of esters is 1. The summed E-state index contributed by atoms with van der Waals surface area (Å²) >= 11 is 0. The number of carbonyl (C=O) groups is 1. The minimum absolute atomic E-state index is 0.0744. The molecule has 11 unspecified atom stereocenters. The highest BCUT2D eigenvalue weighted by atomic mass is 16.6. The molecule has 4 saturated carbocycles. The lowest BCUT2D eigenvalue weighted by Gasteiger charge is -2.72. The Balaban J connectivity index is 1.39. The molecule has 6 nitrogen and oxygen atoms in total. The highest BCUT2D eigenvalue weighted by Gasteiger charge is 2.72. The van der Waals surface area contributed by atoms with Gasteiger partial charge in [0.15, 0.2) is 0 Å². The van der Waals surface area contributed by atoms with E-state index in [0.29, 0.717) is 30.2 Å². The molecule has 4 N–H and O–H groups in total. The van der Waals surface area contributed by atoms with Crippen molar-refractivity contribution in [2.45, 2.75) is 118 Å². The van der Waals surface area contributed by atoms with E-state index in [1.54, 1.807) is 24.3 Å². The third-order valence-electron chi connectivity index (χ3n) is 14.6. The smallest absolute Gasteiger partial charge is 0.338 e. The Morgan fingerprint density at radius 2 is 1.56 bits per heavy atom. The van der Waals surface area contributed by atoms with E-state index in [1.807, 2.05) is 19.9 Å². The quantitative estimate of drug-likeness (QED) is 0.256. The first-order valence-corrected chi connectivity index (χ1v) is 16.6. The number of aliphatic hydroxyl groups is 4. The monoisotopic (exact) mass is 594 g/mol. The fourth-order valence-electron chi connectivity index (χ4n) is 11.9. The van der Waals surface area contributed by atoms with Crippen LogP contribution < -0.4 is 0 Å². The molecule has 0 amide bonds. The van der Waals surface area contributed by atoms with Crippen molar-refractivity contribution in [2.75, 3.05) is 6.61 Å². The summed E-state index contributed by atoms with van der Waals surface area (Å²) in [6, 6.07) is 8.80. The molecular weight excluding hydrogens is 540 g/mol.